The molecule has 17 heavy (non-hydrogen) atoms. The van der Waals surface area contributed by atoms with E-state index in [1.165, 1.54) is 7.11 Å². The van der Waals surface area contributed by atoms with Crippen LogP contribution in [0.2, 0.25) is 0 Å². The minimum atomic E-state index is -0.747. The van der Waals surface area contributed by atoms with Crippen molar-refractivity contribution >= 4 is 5.97 Å². The van der Waals surface area contributed by atoms with Crippen molar-refractivity contribution < 1.29 is 9.53 Å². The molecule has 5 nitrogen and oxygen atoms in total. The highest BCUT2D eigenvalue weighted by molar-refractivity contribution is 5.81. The van der Waals surface area contributed by atoms with Crippen molar-refractivity contribution in [3.63, 3.8) is 0 Å². The molecule has 2 unspecified atom stereocenters. The second-order valence-corrected chi connectivity index (χ2v) is 5.38. The van der Waals surface area contributed by atoms with Crippen molar-refractivity contribution in [2.45, 2.75) is 30.8 Å². The fraction of sp³-hybridized carbons (Fsp3) is 0.917. The summed E-state index contributed by atoms with van der Waals surface area (Å²) in [5, 5.41) is 0. The van der Waals surface area contributed by atoms with Gasteiger partial charge in [0.1, 0.15) is 5.54 Å². The topological polar surface area (TPSA) is 58.8 Å². The summed E-state index contributed by atoms with van der Waals surface area (Å²) in [4.78, 5) is 16.4. The Bertz CT molecular complexity index is 289. The molecule has 1 saturated heterocycles. The summed E-state index contributed by atoms with van der Waals surface area (Å²) in [5.74, 6) is -0.255. The Labute approximate surface area is 103 Å². The molecule has 1 aliphatic heterocycles. The van der Waals surface area contributed by atoms with Crippen LogP contribution in [0.1, 0.15) is 19.3 Å². The van der Waals surface area contributed by atoms with Crippen molar-refractivity contribution in [3.05, 3.63) is 0 Å². The molecule has 0 aromatic heterocycles. The second kappa shape index (κ2) is 4.92. The third kappa shape index (κ3) is 2.61. The maximum atomic E-state index is 11.6. The normalized spacial score (nSPS) is 36.1. The fourth-order valence-corrected chi connectivity index (χ4v) is 2.94. The molecule has 1 saturated carbocycles. The largest absolute Gasteiger partial charge is 0.468 e. The van der Waals surface area contributed by atoms with Gasteiger partial charge in [0, 0.05) is 32.2 Å². The van der Waals surface area contributed by atoms with Crippen LogP contribution in [0, 0.1) is 0 Å². The van der Waals surface area contributed by atoms with Crippen molar-refractivity contribution in [3.8, 4) is 0 Å². The molecule has 0 aromatic carbocycles. The highest BCUT2D eigenvalue weighted by atomic mass is 16.5. The molecule has 0 radical (unpaired) electrons. The Hall–Kier alpha value is -0.650. The lowest BCUT2D eigenvalue weighted by Crippen LogP contribution is -2.51. The number of hydrogen-bond acceptors (Lipinski definition) is 5. The van der Waals surface area contributed by atoms with E-state index in [1.54, 1.807) is 0 Å². The summed E-state index contributed by atoms with van der Waals surface area (Å²) in [6, 6.07) is 0.452. The van der Waals surface area contributed by atoms with E-state index in [0.29, 0.717) is 6.04 Å². The van der Waals surface area contributed by atoms with Gasteiger partial charge >= 0.3 is 5.97 Å². The average Bonchev–Trinajstić information content (AvgIpc) is 2.73. The number of carbonyl (C=O) groups excluding carboxylic acids is 1. The number of nitrogens with two attached hydrogens (primary N) is 1. The van der Waals surface area contributed by atoms with Gasteiger partial charge in [-0.25, -0.2) is 0 Å². The zero-order valence-corrected chi connectivity index (χ0v) is 10.8. The van der Waals surface area contributed by atoms with E-state index in [0.717, 1.165) is 45.4 Å². The van der Waals surface area contributed by atoms with Gasteiger partial charge in [0.05, 0.1) is 7.11 Å². The standard InChI is InChI=1S/C12H23N3O2/c1-14-5-7-15(8-6-14)10-3-4-12(13,9-10)11(16)17-2/h10H,3-9,13H2,1-2H3. The summed E-state index contributed by atoms with van der Waals surface area (Å²) in [5.41, 5.74) is 5.38. The number of nitrogens with zero attached hydrogens (tertiary/aromatic N) is 2. The molecule has 2 rings (SSSR count). The highest BCUT2D eigenvalue weighted by Crippen LogP contribution is 2.32. The Balaban J connectivity index is 1.91. The van der Waals surface area contributed by atoms with E-state index in [9.17, 15) is 4.79 Å². The number of hydrogen-bond donors (Lipinski definition) is 1. The van der Waals surface area contributed by atoms with Gasteiger partial charge in [-0.1, -0.05) is 0 Å². The molecule has 0 bridgehead atoms. The lowest BCUT2D eigenvalue weighted by atomic mass is 9.99. The Morgan fingerprint density at radius 1 is 1.35 bits per heavy atom. The quantitative estimate of drug-likeness (QED) is 0.670. The summed E-state index contributed by atoms with van der Waals surface area (Å²) >= 11 is 0. The maximum absolute atomic E-state index is 11.6. The van der Waals surface area contributed by atoms with E-state index in [-0.39, 0.29) is 5.97 Å². The maximum Gasteiger partial charge on any atom is 0.325 e. The molecule has 0 aromatic rings. The Morgan fingerprint density at radius 3 is 2.59 bits per heavy atom. The van der Waals surface area contributed by atoms with Crippen LogP contribution in [-0.2, 0) is 9.53 Å². The van der Waals surface area contributed by atoms with Crippen molar-refractivity contribution in [1.82, 2.24) is 9.80 Å². The van der Waals surface area contributed by atoms with Crippen molar-refractivity contribution in [2.75, 3.05) is 40.3 Å². The van der Waals surface area contributed by atoms with Crippen molar-refractivity contribution in [2.24, 2.45) is 5.73 Å². The van der Waals surface area contributed by atoms with Gasteiger partial charge in [-0.3, -0.25) is 9.69 Å². The van der Waals surface area contributed by atoms with Crippen LogP contribution in [0.4, 0.5) is 0 Å². The van der Waals surface area contributed by atoms with Crippen LogP contribution in [0.5, 0.6) is 0 Å². The van der Waals surface area contributed by atoms with Gasteiger partial charge in [-0.2, -0.15) is 0 Å². The number of carbonyl (C=O) groups is 1. The van der Waals surface area contributed by atoms with Gasteiger partial charge in [0.2, 0.25) is 0 Å². The molecular formula is C12H23N3O2. The first-order valence-corrected chi connectivity index (χ1v) is 6.35. The third-order valence-electron chi connectivity index (χ3n) is 4.17. The van der Waals surface area contributed by atoms with E-state index in [4.69, 9.17) is 10.5 Å². The Kier molecular flexibility index (Phi) is 3.70. The van der Waals surface area contributed by atoms with Gasteiger partial charge in [-0.05, 0) is 26.3 Å². The van der Waals surface area contributed by atoms with E-state index in [1.807, 2.05) is 0 Å². The molecule has 98 valence electrons. The van der Waals surface area contributed by atoms with Crippen LogP contribution in [0.3, 0.4) is 0 Å². The van der Waals surface area contributed by atoms with Gasteiger partial charge in [-0.15, -0.1) is 0 Å². The summed E-state index contributed by atoms with van der Waals surface area (Å²) in [6.45, 7) is 4.37. The number of esters is 1. The van der Waals surface area contributed by atoms with Crippen molar-refractivity contribution in [1.29, 1.82) is 0 Å². The summed E-state index contributed by atoms with van der Waals surface area (Å²) in [6.07, 6.45) is 2.50. The smallest absolute Gasteiger partial charge is 0.325 e. The van der Waals surface area contributed by atoms with Gasteiger partial charge < -0.3 is 15.4 Å². The molecule has 2 N–H and O–H groups in total. The predicted octanol–water partition coefficient (Wildman–Crippen LogP) is -0.343. The molecule has 0 spiro atoms. The number of piperazine rings is 1. The molecule has 5 heteroatoms. The first kappa shape index (κ1) is 12.8. The lowest BCUT2D eigenvalue weighted by molar-refractivity contribution is -0.147. The van der Waals surface area contributed by atoms with E-state index in [2.05, 4.69) is 16.8 Å². The monoisotopic (exact) mass is 241 g/mol. The molecule has 2 aliphatic rings. The van der Waals surface area contributed by atoms with E-state index >= 15 is 0 Å². The minimum absolute atomic E-state index is 0.255. The molecule has 1 aliphatic carbocycles. The first-order valence-electron chi connectivity index (χ1n) is 6.35. The van der Waals surface area contributed by atoms with E-state index < -0.39 is 5.54 Å². The summed E-state index contributed by atoms with van der Waals surface area (Å²) < 4.78 is 4.80. The fourth-order valence-electron chi connectivity index (χ4n) is 2.94. The van der Waals surface area contributed by atoms with Crippen LogP contribution in [-0.4, -0.2) is 67.7 Å². The third-order valence-corrected chi connectivity index (χ3v) is 4.17. The van der Waals surface area contributed by atoms with Gasteiger partial charge in [0.15, 0.2) is 0 Å². The summed E-state index contributed by atoms with van der Waals surface area (Å²) in [7, 11) is 3.56. The van der Waals surface area contributed by atoms with Gasteiger partial charge in [0.25, 0.3) is 0 Å². The minimum Gasteiger partial charge on any atom is -0.468 e. The number of methoxy groups -OCH3 is 1. The zero-order chi connectivity index (χ0) is 12.5. The number of ether oxygens (including phenoxy) is 1. The average molecular weight is 241 g/mol. The predicted molar refractivity (Wildman–Crippen MR) is 65.6 cm³/mol. The van der Waals surface area contributed by atoms with Crippen LogP contribution in [0.15, 0.2) is 0 Å². The lowest BCUT2D eigenvalue weighted by Gasteiger charge is -2.36. The van der Waals surface area contributed by atoms with Crippen LogP contribution in [0.25, 0.3) is 0 Å². The van der Waals surface area contributed by atoms with Crippen LogP contribution < -0.4 is 5.73 Å². The Morgan fingerprint density at radius 2 is 2.00 bits per heavy atom. The SMILES string of the molecule is COC(=O)C1(N)CCC(N2CCN(C)CC2)C1. The number of likely N-dealkylation sites (N-methyl/N-ethyl adjacent to an activating group) is 1. The molecule has 0 amide bonds. The molecular weight excluding hydrogens is 218 g/mol. The van der Waals surface area contributed by atoms with Crippen LogP contribution >= 0.6 is 0 Å². The molecule has 2 fully saturated rings. The molecule has 2 atom stereocenters. The molecule has 1 heterocycles. The zero-order valence-electron chi connectivity index (χ0n) is 10.8. The first-order chi connectivity index (χ1) is 8.05. The highest BCUT2D eigenvalue weighted by Gasteiger charge is 2.44. The second-order valence-electron chi connectivity index (χ2n) is 5.38. The number of rotatable bonds is 2.